The largest absolute Gasteiger partial charge is 0.493 e. The Morgan fingerprint density at radius 2 is 1.62 bits per heavy atom. The number of hydrogen-bond donors (Lipinski definition) is 1. The minimum absolute atomic E-state index is 0.130. The van der Waals surface area contributed by atoms with Gasteiger partial charge in [-0.1, -0.05) is 48.0 Å². The molecule has 0 saturated heterocycles. The molecule has 0 aliphatic carbocycles. The van der Waals surface area contributed by atoms with Crippen molar-refractivity contribution < 1.29 is 19.4 Å². The molecule has 0 aliphatic rings. The molecule has 3 aromatic rings. The molecule has 0 amide bonds. The zero-order chi connectivity index (χ0) is 20.6. The van der Waals surface area contributed by atoms with Crippen molar-refractivity contribution >= 4 is 17.6 Å². The van der Waals surface area contributed by atoms with Crippen LogP contribution in [-0.4, -0.2) is 17.7 Å². The molecule has 1 N–H and O–H groups in total. The predicted molar refractivity (Wildman–Crippen MR) is 115 cm³/mol. The Kier molecular flexibility index (Phi) is 7.14. The number of halogens is 1. The van der Waals surface area contributed by atoms with Gasteiger partial charge in [-0.2, -0.15) is 0 Å². The van der Waals surface area contributed by atoms with E-state index in [1.165, 1.54) is 0 Å². The smallest absolute Gasteiger partial charge is 0.303 e. The second-order valence-electron chi connectivity index (χ2n) is 6.60. The van der Waals surface area contributed by atoms with Gasteiger partial charge in [-0.3, -0.25) is 4.79 Å². The van der Waals surface area contributed by atoms with Crippen LogP contribution in [0.25, 0.3) is 11.1 Å². The highest BCUT2D eigenvalue weighted by molar-refractivity contribution is 6.30. The van der Waals surface area contributed by atoms with Gasteiger partial charge < -0.3 is 14.6 Å². The molecule has 0 bridgehead atoms. The minimum Gasteiger partial charge on any atom is -0.493 e. The number of carboxylic acids is 1. The lowest BCUT2D eigenvalue weighted by molar-refractivity contribution is -0.136. The Bertz CT molecular complexity index is 950. The molecule has 0 unspecified atom stereocenters. The van der Waals surface area contributed by atoms with Gasteiger partial charge in [0.1, 0.15) is 18.1 Å². The molecular formula is C24H23ClO4. The number of carboxylic acid groups (broad SMARTS) is 1. The second-order valence-corrected chi connectivity index (χ2v) is 7.03. The van der Waals surface area contributed by atoms with Crippen LogP contribution >= 0.6 is 11.6 Å². The Balaban J connectivity index is 1.62. The summed E-state index contributed by atoms with van der Waals surface area (Å²) in [4.78, 5) is 10.6. The summed E-state index contributed by atoms with van der Waals surface area (Å²) >= 11 is 6.08. The fourth-order valence-electron chi connectivity index (χ4n) is 2.96. The van der Waals surface area contributed by atoms with E-state index >= 15 is 0 Å². The molecule has 4 nitrogen and oxygen atoms in total. The van der Waals surface area contributed by atoms with Gasteiger partial charge in [0.15, 0.2) is 0 Å². The summed E-state index contributed by atoms with van der Waals surface area (Å²) in [6.45, 7) is 2.98. The average molecular weight is 411 g/mol. The minimum atomic E-state index is -0.791. The van der Waals surface area contributed by atoms with E-state index in [0.29, 0.717) is 24.7 Å². The summed E-state index contributed by atoms with van der Waals surface area (Å²) in [5.41, 5.74) is 4.09. The standard InChI is InChI=1S/C24H23ClO4/c1-2-28-23-15-20(25)10-13-22(23)19-8-3-18(4-9-19)16-29-21-11-5-17(6-12-21)7-14-24(26)27/h3-6,8-13,15H,2,7,14,16H2,1H3,(H,26,27). The summed E-state index contributed by atoms with van der Waals surface area (Å²) in [6.07, 6.45) is 0.649. The number of aryl methyl sites for hydroxylation is 1. The van der Waals surface area contributed by atoms with E-state index in [-0.39, 0.29) is 6.42 Å². The van der Waals surface area contributed by atoms with Crippen LogP contribution in [0.1, 0.15) is 24.5 Å². The molecule has 29 heavy (non-hydrogen) atoms. The Labute approximate surface area is 175 Å². The number of ether oxygens (including phenoxy) is 2. The molecule has 3 rings (SSSR count). The van der Waals surface area contributed by atoms with E-state index in [2.05, 4.69) is 0 Å². The number of carbonyl (C=O) groups is 1. The van der Waals surface area contributed by atoms with E-state index in [0.717, 1.165) is 33.8 Å². The third-order valence-corrected chi connectivity index (χ3v) is 4.70. The van der Waals surface area contributed by atoms with Crippen LogP contribution in [0.5, 0.6) is 11.5 Å². The lowest BCUT2D eigenvalue weighted by Crippen LogP contribution is -1.98. The van der Waals surface area contributed by atoms with Crippen molar-refractivity contribution in [3.8, 4) is 22.6 Å². The Morgan fingerprint density at radius 1 is 0.931 bits per heavy atom. The first-order valence-corrected chi connectivity index (χ1v) is 9.88. The number of benzene rings is 3. The van der Waals surface area contributed by atoms with Crippen molar-refractivity contribution in [1.82, 2.24) is 0 Å². The SMILES string of the molecule is CCOc1cc(Cl)ccc1-c1ccc(COc2ccc(CCC(=O)O)cc2)cc1. The van der Waals surface area contributed by atoms with Crippen LogP contribution in [0.4, 0.5) is 0 Å². The van der Waals surface area contributed by atoms with Gasteiger partial charge in [-0.05, 0) is 60.4 Å². The molecule has 0 spiro atoms. The zero-order valence-electron chi connectivity index (χ0n) is 16.2. The van der Waals surface area contributed by atoms with E-state index in [4.69, 9.17) is 26.2 Å². The van der Waals surface area contributed by atoms with Crippen LogP contribution in [0, 0.1) is 0 Å². The highest BCUT2D eigenvalue weighted by Crippen LogP contribution is 2.32. The number of rotatable bonds is 9. The normalized spacial score (nSPS) is 10.6. The molecule has 0 fully saturated rings. The van der Waals surface area contributed by atoms with E-state index in [1.807, 2.05) is 73.7 Å². The van der Waals surface area contributed by atoms with Crippen molar-refractivity contribution in [3.05, 3.63) is 82.9 Å². The van der Waals surface area contributed by atoms with E-state index in [9.17, 15) is 4.79 Å². The molecule has 0 atom stereocenters. The van der Waals surface area contributed by atoms with Gasteiger partial charge in [-0.25, -0.2) is 0 Å². The maximum absolute atomic E-state index is 10.6. The number of aliphatic carboxylic acids is 1. The molecule has 0 saturated carbocycles. The van der Waals surface area contributed by atoms with Crippen LogP contribution < -0.4 is 9.47 Å². The lowest BCUT2D eigenvalue weighted by Gasteiger charge is -2.12. The molecule has 3 aromatic carbocycles. The molecule has 5 heteroatoms. The van der Waals surface area contributed by atoms with E-state index in [1.54, 1.807) is 0 Å². The predicted octanol–water partition coefficient (Wildman–Crippen LogP) is 6.00. The summed E-state index contributed by atoms with van der Waals surface area (Å²) in [7, 11) is 0. The Hall–Kier alpha value is -2.98. The van der Waals surface area contributed by atoms with Gasteiger partial charge in [-0.15, -0.1) is 0 Å². The summed E-state index contributed by atoms with van der Waals surface area (Å²) in [5.74, 6) is 0.734. The Morgan fingerprint density at radius 3 is 2.28 bits per heavy atom. The first-order valence-electron chi connectivity index (χ1n) is 9.50. The summed E-state index contributed by atoms with van der Waals surface area (Å²) < 4.78 is 11.5. The maximum atomic E-state index is 10.6. The molecule has 0 radical (unpaired) electrons. The van der Waals surface area contributed by atoms with Crippen LogP contribution in [0.3, 0.4) is 0 Å². The topological polar surface area (TPSA) is 55.8 Å². The zero-order valence-corrected chi connectivity index (χ0v) is 17.0. The lowest BCUT2D eigenvalue weighted by atomic mass is 10.0. The van der Waals surface area contributed by atoms with Crippen molar-refractivity contribution in [2.45, 2.75) is 26.4 Å². The third-order valence-electron chi connectivity index (χ3n) is 4.46. The summed E-state index contributed by atoms with van der Waals surface area (Å²) in [5, 5.41) is 9.40. The summed E-state index contributed by atoms with van der Waals surface area (Å²) in [6, 6.07) is 21.3. The number of hydrogen-bond acceptors (Lipinski definition) is 3. The quantitative estimate of drug-likeness (QED) is 0.470. The molecule has 0 aromatic heterocycles. The molecule has 0 heterocycles. The van der Waals surface area contributed by atoms with Gasteiger partial charge in [0.25, 0.3) is 0 Å². The van der Waals surface area contributed by atoms with Crippen molar-refractivity contribution in [3.63, 3.8) is 0 Å². The molecule has 0 aliphatic heterocycles. The first kappa shape index (κ1) is 20.7. The molecular weight excluding hydrogens is 388 g/mol. The third kappa shape index (κ3) is 6.00. The van der Waals surface area contributed by atoms with Crippen LogP contribution in [-0.2, 0) is 17.8 Å². The average Bonchev–Trinajstić information content (AvgIpc) is 2.72. The van der Waals surface area contributed by atoms with E-state index < -0.39 is 5.97 Å². The first-order chi connectivity index (χ1) is 14.0. The maximum Gasteiger partial charge on any atom is 0.303 e. The fraction of sp³-hybridized carbons (Fsp3) is 0.208. The van der Waals surface area contributed by atoms with Crippen molar-refractivity contribution in [2.24, 2.45) is 0 Å². The highest BCUT2D eigenvalue weighted by Gasteiger charge is 2.08. The van der Waals surface area contributed by atoms with Crippen molar-refractivity contribution in [1.29, 1.82) is 0 Å². The van der Waals surface area contributed by atoms with Gasteiger partial charge in [0.05, 0.1) is 6.61 Å². The second kappa shape index (κ2) is 9.99. The monoisotopic (exact) mass is 410 g/mol. The van der Waals surface area contributed by atoms with Crippen molar-refractivity contribution in [2.75, 3.05) is 6.61 Å². The fourth-order valence-corrected chi connectivity index (χ4v) is 3.12. The van der Waals surface area contributed by atoms with Crippen LogP contribution in [0.2, 0.25) is 5.02 Å². The molecule has 150 valence electrons. The van der Waals surface area contributed by atoms with Crippen LogP contribution in [0.15, 0.2) is 66.7 Å². The highest BCUT2D eigenvalue weighted by atomic mass is 35.5. The van der Waals surface area contributed by atoms with Gasteiger partial charge in [0, 0.05) is 17.0 Å². The van der Waals surface area contributed by atoms with Gasteiger partial charge >= 0.3 is 5.97 Å². The van der Waals surface area contributed by atoms with Gasteiger partial charge in [0.2, 0.25) is 0 Å².